The first kappa shape index (κ1) is 27.4. The summed E-state index contributed by atoms with van der Waals surface area (Å²) >= 11 is 0. The molecule has 0 aliphatic heterocycles. The second-order valence-electron chi connectivity index (χ2n) is 3.75. The van der Waals surface area contributed by atoms with Gasteiger partial charge in [-0.15, -0.1) is 0 Å². The molecule has 0 saturated heterocycles. The number of carboxylic acids is 2. The predicted molar refractivity (Wildman–Crippen MR) is 89.7 cm³/mol. The Morgan fingerprint density at radius 2 is 1.09 bits per heavy atom. The Kier molecular flexibility index (Phi) is 18.9. The van der Waals surface area contributed by atoms with Crippen molar-refractivity contribution in [3.63, 3.8) is 0 Å². The molecule has 22 heavy (non-hydrogen) atoms. The van der Waals surface area contributed by atoms with Crippen molar-refractivity contribution in [1.29, 1.82) is 0 Å². The summed E-state index contributed by atoms with van der Waals surface area (Å²) in [5, 5.41) is 22.2. The quantitative estimate of drug-likeness (QED) is 0.213. The van der Waals surface area contributed by atoms with Crippen LogP contribution in [-0.2, 0) is 19.2 Å². The molecule has 0 aromatic rings. The summed E-state index contributed by atoms with van der Waals surface area (Å²) in [6, 6.07) is -2.07. The van der Waals surface area contributed by atoms with E-state index in [9.17, 15) is 19.2 Å². The van der Waals surface area contributed by atoms with Gasteiger partial charge in [0.05, 0.1) is 0 Å². The van der Waals surface area contributed by atoms with Gasteiger partial charge in [0, 0.05) is 25.4 Å². The van der Waals surface area contributed by atoms with Crippen LogP contribution in [0.25, 0.3) is 0 Å². The third-order valence-corrected chi connectivity index (χ3v) is 4.33. The molecular formula is C10H18N2Na2O6S2. The van der Waals surface area contributed by atoms with E-state index in [0.29, 0.717) is 0 Å². The molecule has 0 aromatic carbocycles. The van der Waals surface area contributed by atoms with Gasteiger partial charge in [0.15, 0.2) is 0 Å². The molecule has 2 atom stereocenters. The van der Waals surface area contributed by atoms with Crippen molar-refractivity contribution in [2.24, 2.45) is 0 Å². The summed E-state index contributed by atoms with van der Waals surface area (Å²) in [6.45, 7) is 2.43. The van der Waals surface area contributed by atoms with Crippen LogP contribution in [0.2, 0.25) is 0 Å². The fourth-order valence-corrected chi connectivity index (χ4v) is 3.38. The summed E-state index contributed by atoms with van der Waals surface area (Å²) < 4.78 is 0. The Morgan fingerprint density at radius 3 is 1.27 bits per heavy atom. The van der Waals surface area contributed by atoms with Crippen molar-refractivity contribution in [2.45, 2.75) is 25.9 Å². The molecule has 0 bridgehead atoms. The van der Waals surface area contributed by atoms with Crippen LogP contribution < -0.4 is 10.6 Å². The molecule has 0 spiro atoms. The van der Waals surface area contributed by atoms with Crippen molar-refractivity contribution >= 4 is 104 Å². The van der Waals surface area contributed by atoms with Crippen LogP contribution in [0.4, 0.5) is 0 Å². The van der Waals surface area contributed by atoms with Crippen molar-refractivity contribution in [1.82, 2.24) is 10.6 Å². The third kappa shape index (κ3) is 14.2. The SMILES string of the molecule is CC(=O)N[C@@H](CSSC[C@H](NC(C)=O)C(=O)O)C(=O)O.[NaH].[NaH]. The first-order valence-corrected chi connectivity index (χ1v) is 7.97. The first-order valence-electron chi connectivity index (χ1n) is 5.48. The summed E-state index contributed by atoms with van der Waals surface area (Å²) in [4.78, 5) is 43.2. The number of carbonyl (C=O) groups is 4. The second kappa shape index (κ2) is 15.1. The number of amides is 2. The van der Waals surface area contributed by atoms with Crippen LogP contribution in [0.1, 0.15) is 13.8 Å². The predicted octanol–water partition coefficient (Wildman–Crippen LogP) is -1.75. The minimum absolute atomic E-state index is 0. The van der Waals surface area contributed by atoms with Gasteiger partial charge >= 0.3 is 71.1 Å². The van der Waals surface area contributed by atoms with Crippen molar-refractivity contribution < 1.29 is 29.4 Å². The number of hydrogen-bond acceptors (Lipinski definition) is 6. The van der Waals surface area contributed by atoms with Crippen LogP contribution in [0, 0.1) is 0 Å². The molecule has 0 saturated carbocycles. The Labute approximate surface area is 180 Å². The van der Waals surface area contributed by atoms with E-state index in [1.165, 1.54) is 13.8 Å². The normalized spacial score (nSPS) is 11.9. The van der Waals surface area contributed by atoms with Crippen LogP contribution >= 0.6 is 21.6 Å². The molecule has 0 aliphatic rings. The van der Waals surface area contributed by atoms with Gasteiger partial charge in [0.1, 0.15) is 12.1 Å². The van der Waals surface area contributed by atoms with E-state index in [1.54, 1.807) is 0 Å². The Morgan fingerprint density at radius 1 is 0.818 bits per heavy atom. The Balaban J connectivity index is -0.00000180. The van der Waals surface area contributed by atoms with Crippen molar-refractivity contribution in [2.75, 3.05) is 11.5 Å². The van der Waals surface area contributed by atoms with Gasteiger partial charge in [-0.3, -0.25) is 9.59 Å². The van der Waals surface area contributed by atoms with Crippen molar-refractivity contribution in [3.8, 4) is 0 Å². The van der Waals surface area contributed by atoms with E-state index >= 15 is 0 Å². The molecule has 8 nitrogen and oxygen atoms in total. The van der Waals surface area contributed by atoms with Gasteiger partial charge in [-0.05, 0) is 0 Å². The topological polar surface area (TPSA) is 133 Å². The van der Waals surface area contributed by atoms with E-state index in [1.807, 2.05) is 0 Å². The maximum atomic E-state index is 10.8. The first-order chi connectivity index (χ1) is 9.23. The van der Waals surface area contributed by atoms with Crippen LogP contribution in [0.5, 0.6) is 0 Å². The third-order valence-electron chi connectivity index (χ3n) is 1.90. The fraction of sp³-hybridized carbons (Fsp3) is 0.600. The molecule has 0 aromatic heterocycles. The summed E-state index contributed by atoms with van der Waals surface area (Å²) in [5.41, 5.74) is 0. The number of aliphatic carboxylic acids is 2. The van der Waals surface area contributed by atoms with Gasteiger partial charge < -0.3 is 20.8 Å². The summed E-state index contributed by atoms with van der Waals surface area (Å²) in [7, 11) is 2.22. The Hall–Kier alpha value is 0.580. The number of carbonyl (C=O) groups excluding carboxylic acids is 2. The molecule has 4 N–H and O–H groups in total. The zero-order valence-electron chi connectivity index (χ0n) is 10.9. The number of rotatable bonds is 9. The molecule has 12 heteroatoms. The zero-order chi connectivity index (χ0) is 15.7. The molecule has 118 valence electrons. The maximum absolute atomic E-state index is 10.8. The molecule has 0 rings (SSSR count). The molecule has 2 amide bonds. The molecular weight excluding hydrogens is 354 g/mol. The number of carboxylic acid groups (broad SMARTS) is 2. The van der Waals surface area contributed by atoms with E-state index in [2.05, 4.69) is 10.6 Å². The number of hydrogen-bond donors (Lipinski definition) is 4. The van der Waals surface area contributed by atoms with E-state index in [4.69, 9.17) is 10.2 Å². The minimum atomic E-state index is -1.16. The van der Waals surface area contributed by atoms with Gasteiger partial charge in [0.25, 0.3) is 0 Å². The zero-order valence-corrected chi connectivity index (χ0v) is 12.5. The van der Waals surface area contributed by atoms with Crippen LogP contribution in [-0.4, -0.2) is 117 Å². The van der Waals surface area contributed by atoms with E-state index in [0.717, 1.165) is 21.6 Å². The molecule has 0 radical (unpaired) electrons. The molecule has 0 heterocycles. The van der Waals surface area contributed by atoms with Gasteiger partial charge in [-0.2, -0.15) is 0 Å². The summed E-state index contributed by atoms with van der Waals surface area (Å²) in [5.74, 6) is -3.05. The second-order valence-corrected chi connectivity index (χ2v) is 6.30. The van der Waals surface area contributed by atoms with Gasteiger partial charge in [-0.1, -0.05) is 21.6 Å². The van der Waals surface area contributed by atoms with E-state index < -0.39 is 35.8 Å². The van der Waals surface area contributed by atoms with E-state index in [-0.39, 0.29) is 70.6 Å². The molecule has 0 aliphatic carbocycles. The summed E-state index contributed by atoms with van der Waals surface area (Å²) in [6.07, 6.45) is 0. The van der Waals surface area contributed by atoms with Crippen LogP contribution in [0.3, 0.4) is 0 Å². The average Bonchev–Trinajstić information content (AvgIpc) is 2.29. The van der Waals surface area contributed by atoms with Gasteiger partial charge in [0.2, 0.25) is 11.8 Å². The van der Waals surface area contributed by atoms with Crippen LogP contribution in [0.15, 0.2) is 0 Å². The Bertz CT molecular complexity index is 364. The monoisotopic (exact) mass is 372 g/mol. The fourth-order valence-electron chi connectivity index (χ4n) is 1.07. The number of nitrogens with one attached hydrogen (secondary N) is 2. The average molecular weight is 372 g/mol. The molecule has 0 unspecified atom stereocenters. The standard InChI is InChI=1S/C10H16N2O6S2.2Na.2H/c1-5(13)11-7(9(15)16)3-19-20-4-8(10(17)18)12-6(2)14;;;;/h7-8H,3-4H2,1-2H3,(H,11,13)(H,12,14)(H,15,16)(H,17,18);;;;/t7-,8-;;;;/m0..../s1. The van der Waals surface area contributed by atoms with Crippen molar-refractivity contribution in [3.05, 3.63) is 0 Å². The van der Waals surface area contributed by atoms with Gasteiger partial charge in [-0.25, -0.2) is 9.59 Å². The molecule has 0 fully saturated rings.